The summed E-state index contributed by atoms with van der Waals surface area (Å²) >= 11 is 0. The van der Waals surface area contributed by atoms with E-state index in [2.05, 4.69) is 0 Å². The van der Waals surface area contributed by atoms with Crippen molar-refractivity contribution < 1.29 is 37.7 Å². The van der Waals surface area contributed by atoms with Gasteiger partial charge in [0.1, 0.15) is 18.0 Å². The van der Waals surface area contributed by atoms with Crippen molar-refractivity contribution in [1.29, 1.82) is 0 Å². The molecule has 2 aliphatic rings. The lowest BCUT2D eigenvalue weighted by atomic mass is 9.94. The summed E-state index contributed by atoms with van der Waals surface area (Å²) in [6.45, 7) is 3.01. The lowest BCUT2D eigenvalue weighted by Crippen LogP contribution is -2.62. The van der Waals surface area contributed by atoms with Gasteiger partial charge in [-0.15, -0.1) is 0 Å². The van der Waals surface area contributed by atoms with Crippen molar-refractivity contribution in [3.05, 3.63) is 24.3 Å². The van der Waals surface area contributed by atoms with Crippen LogP contribution >= 0.6 is 0 Å². The number of nitrogens with zero attached hydrogens (tertiary/aromatic N) is 1. The van der Waals surface area contributed by atoms with Gasteiger partial charge in [-0.25, -0.2) is 13.9 Å². The summed E-state index contributed by atoms with van der Waals surface area (Å²) in [7, 11) is -2.61. The molecule has 4 atom stereocenters. The number of hydrogen-bond donors (Lipinski definition) is 3. The number of fused-ring (bicyclic) bond motifs is 1. The van der Waals surface area contributed by atoms with Crippen LogP contribution < -0.4 is 10.2 Å². The first-order valence-electron chi connectivity index (χ1n) is 8.71. The van der Waals surface area contributed by atoms with Gasteiger partial charge in [0, 0.05) is 13.0 Å². The Labute approximate surface area is 163 Å². The third kappa shape index (κ3) is 3.86. The fraction of sp³-hybridized carbons (Fsp3) is 0.588. The van der Waals surface area contributed by atoms with Crippen molar-refractivity contribution in [2.75, 3.05) is 13.7 Å². The van der Waals surface area contributed by atoms with Gasteiger partial charge in [-0.2, -0.15) is 4.31 Å². The van der Waals surface area contributed by atoms with E-state index in [1.54, 1.807) is 13.8 Å². The molecule has 28 heavy (non-hydrogen) atoms. The Bertz CT molecular complexity index is 826. The molecule has 0 radical (unpaired) electrons. The van der Waals surface area contributed by atoms with Crippen LogP contribution in [0.4, 0.5) is 0 Å². The van der Waals surface area contributed by atoms with Crippen LogP contribution in [0.1, 0.15) is 20.3 Å². The normalized spacial score (nSPS) is 29.9. The van der Waals surface area contributed by atoms with Gasteiger partial charge >= 0.3 is 0 Å². The Morgan fingerprint density at radius 1 is 1.29 bits per heavy atom. The Kier molecular flexibility index (Phi) is 5.67. The van der Waals surface area contributed by atoms with Gasteiger partial charge in [-0.05, 0) is 38.1 Å². The van der Waals surface area contributed by atoms with Crippen molar-refractivity contribution in [3.63, 3.8) is 0 Å². The Balaban J connectivity index is 1.99. The molecule has 0 spiro atoms. The molecule has 0 saturated carbocycles. The van der Waals surface area contributed by atoms with Crippen LogP contribution in [0.25, 0.3) is 0 Å². The van der Waals surface area contributed by atoms with E-state index in [4.69, 9.17) is 19.4 Å². The quantitative estimate of drug-likeness (QED) is 0.445. The number of methoxy groups -OCH3 is 1. The molecule has 2 fully saturated rings. The monoisotopic (exact) mass is 416 g/mol. The number of nitrogens with one attached hydrogen (secondary N) is 1. The molecule has 11 heteroatoms. The summed E-state index contributed by atoms with van der Waals surface area (Å²) in [4.78, 5) is 11.8. The summed E-state index contributed by atoms with van der Waals surface area (Å²) in [5.74, 6) is -1.34. The van der Waals surface area contributed by atoms with Gasteiger partial charge in [-0.3, -0.25) is 10.0 Å². The third-order valence-corrected chi connectivity index (χ3v) is 6.75. The number of sulfonamides is 1. The van der Waals surface area contributed by atoms with Gasteiger partial charge in [0.2, 0.25) is 15.9 Å². The number of amides is 1. The number of aliphatic hydroxyl groups is 1. The molecule has 0 aliphatic carbocycles. The number of hydroxylamine groups is 1. The predicted octanol–water partition coefficient (Wildman–Crippen LogP) is -0.155. The molecule has 10 nitrogen and oxygen atoms in total. The van der Waals surface area contributed by atoms with Crippen LogP contribution in [0.3, 0.4) is 0 Å². The van der Waals surface area contributed by atoms with Crippen molar-refractivity contribution in [3.8, 4) is 5.75 Å². The molecule has 1 aromatic carbocycles. The fourth-order valence-corrected chi connectivity index (χ4v) is 5.26. The van der Waals surface area contributed by atoms with Crippen molar-refractivity contribution in [2.24, 2.45) is 0 Å². The highest BCUT2D eigenvalue weighted by atomic mass is 32.2. The lowest BCUT2D eigenvalue weighted by molar-refractivity contribution is -0.153. The first-order valence-corrected chi connectivity index (χ1v) is 10.2. The molecule has 2 saturated heterocycles. The standard InChI is InChI=1S/C17H24N2O8S/c1-17(2)26-15-12(8-14(21)18-22)19(9-13(20)16(15)27-17)28(23,24)11-6-4-10(25-3)5-7-11/h4-7,12-13,15-16,20,22H,8-9H2,1-3H3,(H,18,21)/t12-,13-,15+,16-/m1/s1. The molecule has 0 bridgehead atoms. The van der Waals surface area contributed by atoms with Crippen LogP contribution in [0.15, 0.2) is 29.2 Å². The molecular weight excluding hydrogens is 392 g/mol. The summed E-state index contributed by atoms with van der Waals surface area (Å²) in [5, 5.41) is 19.4. The third-order valence-electron chi connectivity index (χ3n) is 4.84. The highest BCUT2D eigenvalue weighted by molar-refractivity contribution is 7.89. The molecule has 1 aromatic rings. The fourth-order valence-electron chi connectivity index (χ4n) is 3.61. The maximum Gasteiger partial charge on any atom is 0.245 e. The summed E-state index contributed by atoms with van der Waals surface area (Å²) in [6.07, 6.45) is -3.19. The second-order valence-electron chi connectivity index (χ2n) is 7.19. The minimum absolute atomic E-state index is 0.0217. The Morgan fingerprint density at radius 3 is 2.46 bits per heavy atom. The Morgan fingerprint density at radius 2 is 1.89 bits per heavy atom. The van der Waals surface area contributed by atoms with Crippen LogP contribution in [-0.4, -0.2) is 72.7 Å². The molecule has 1 amide bonds. The van der Waals surface area contributed by atoms with E-state index in [9.17, 15) is 18.3 Å². The topological polar surface area (TPSA) is 135 Å². The number of β-amino-alcohol motifs (C(OH)–C–C–N with tert-alkyl or cyclic N) is 1. The van der Waals surface area contributed by atoms with Crippen molar-refractivity contribution >= 4 is 15.9 Å². The summed E-state index contributed by atoms with van der Waals surface area (Å²) in [5.41, 5.74) is 1.52. The first-order chi connectivity index (χ1) is 13.1. The molecule has 0 unspecified atom stereocenters. The van der Waals surface area contributed by atoms with E-state index >= 15 is 0 Å². The zero-order valence-corrected chi connectivity index (χ0v) is 16.5. The summed E-state index contributed by atoms with van der Waals surface area (Å²) in [6, 6.07) is 4.79. The molecule has 3 N–H and O–H groups in total. The minimum atomic E-state index is -4.08. The number of benzene rings is 1. The zero-order chi connectivity index (χ0) is 20.7. The molecule has 2 aliphatic heterocycles. The molecule has 0 aromatic heterocycles. The maximum absolute atomic E-state index is 13.2. The van der Waals surface area contributed by atoms with Gasteiger partial charge in [0.25, 0.3) is 0 Å². The molecule has 3 rings (SSSR count). The smallest absolute Gasteiger partial charge is 0.245 e. The van der Waals surface area contributed by atoms with Gasteiger partial charge in [0.05, 0.1) is 24.2 Å². The molecule has 2 heterocycles. The highest BCUT2D eigenvalue weighted by Gasteiger charge is 2.56. The average molecular weight is 416 g/mol. The predicted molar refractivity (Wildman–Crippen MR) is 95.1 cm³/mol. The number of aliphatic hydroxyl groups excluding tert-OH is 1. The minimum Gasteiger partial charge on any atom is -0.497 e. The van der Waals surface area contributed by atoms with Crippen LogP contribution in [0, 0.1) is 0 Å². The van der Waals surface area contributed by atoms with Gasteiger partial charge in [-0.1, -0.05) is 0 Å². The average Bonchev–Trinajstić information content (AvgIpc) is 2.99. The molecule has 156 valence electrons. The number of carbonyl (C=O) groups excluding carboxylic acids is 1. The van der Waals surface area contributed by atoms with Gasteiger partial charge in [0.15, 0.2) is 5.79 Å². The van der Waals surface area contributed by atoms with Crippen molar-refractivity contribution in [2.45, 2.75) is 55.3 Å². The van der Waals surface area contributed by atoms with Crippen LogP contribution in [-0.2, 0) is 24.3 Å². The first kappa shape index (κ1) is 21.0. The van der Waals surface area contributed by atoms with E-state index in [1.165, 1.54) is 36.9 Å². The highest BCUT2D eigenvalue weighted by Crippen LogP contribution is 2.39. The van der Waals surface area contributed by atoms with Crippen molar-refractivity contribution in [1.82, 2.24) is 9.79 Å². The second kappa shape index (κ2) is 7.58. The SMILES string of the molecule is COc1ccc(S(=O)(=O)N2C[C@@H](O)[C@H]3OC(C)(C)O[C@H]3[C@H]2CC(=O)NO)cc1. The Hall–Kier alpha value is -1.76. The van der Waals surface area contributed by atoms with E-state index in [-0.39, 0.29) is 17.9 Å². The van der Waals surface area contributed by atoms with Gasteiger partial charge < -0.3 is 19.3 Å². The van der Waals surface area contributed by atoms with Crippen LogP contribution in [0.5, 0.6) is 5.75 Å². The number of hydrogen-bond acceptors (Lipinski definition) is 8. The van der Waals surface area contributed by atoms with E-state index in [0.717, 1.165) is 4.31 Å². The largest absolute Gasteiger partial charge is 0.497 e. The number of ether oxygens (including phenoxy) is 3. The van der Waals surface area contributed by atoms with Crippen LogP contribution in [0.2, 0.25) is 0 Å². The second-order valence-corrected chi connectivity index (χ2v) is 9.08. The van der Waals surface area contributed by atoms with E-state index in [1.807, 2.05) is 0 Å². The maximum atomic E-state index is 13.2. The lowest BCUT2D eigenvalue weighted by Gasteiger charge is -2.42. The number of carbonyl (C=O) groups is 1. The van der Waals surface area contributed by atoms with E-state index in [0.29, 0.717) is 5.75 Å². The van der Waals surface area contributed by atoms with E-state index < -0.39 is 46.1 Å². The molecular formula is C17H24N2O8S. The zero-order valence-electron chi connectivity index (χ0n) is 15.7. The summed E-state index contributed by atoms with van der Waals surface area (Å²) < 4.78 is 44.1. The number of piperidine rings is 1. The number of rotatable bonds is 5.